The molecule has 0 saturated heterocycles. The standard InChI is InChI=1S/C10H18N4OS/c1-5(2)7(11)8(15)12-10-14-13-9(16-10)6(3)4/h5-7H,11H2,1-4H3,(H,12,14,15)/t7-/m0/s1. The molecule has 1 amide bonds. The molecule has 0 bridgehead atoms. The fourth-order valence-corrected chi connectivity index (χ4v) is 1.76. The summed E-state index contributed by atoms with van der Waals surface area (Å²) in [4.78, 5) is 11.6. The van der Waals surface area contributed by atoms with Crippen LogP contribution in [0.25, 0.3) is 0 Å². The molecule has 6 heteroatoms. The highest BCUT2D eigenvalue weighted by Crippen LogP contribution is 2.22. The second-order valence-corrected chi connectivity index (χ2v) is 5.37. The van der Waals surface area contributed by atoms with E-state index in [0.717, 1.165) is 5.01 Å². The van der Waals surface area contributed by atoms with Crippen LogP contribution in [0.4, 0.5) is 5.13 Å². The van der Waals surface area contributed by atoms with Crippen molar-refractivity contribution in [1.29, 1.82) is 0 Å². The zero-order valence-corrected chi connectivity index (χ0v) is 10.8. The Labute approximate surface area is 99.5 Å². The second-order valence-electron chi connectivity index (χ2n) is 4.36. The summed E-state index contributed by atoms with van der Waals surface area (Å²) < 4.78 is 0. The van der Waals surface area contributed by atoms with Crippen molar-refractivity contribution in [2.75, 3.05) is 5.32 Å². The molecule has 0 unspecified atom stereocenters. The number of hydrogen-bond acceptors (Lipinski definition) is 5. The third kappa shape index (κ3) is 3.24. The number of amides is 1. The molecule has 3 N–H and O–H groups in total. The van der Waals surface area contributed by atoms with Gasteiger partial charge in [-0.25, -0.2) is 0 Å². The van der Waals surface area contributed by atoms with E-state index >= 15 is 0 Å². The molecule has 0 aromatic carbocycles. The van der Waals surface area contributed by atoms with Crippen LogP contribution >= 0.6 is 11.3 Å². The van der Waals surface area contributed by atoms with E-state index in [0.29, 0.717) is 11.0 Å². The van der Waals surface area contributed by atoms with Gasteiger partial charge in [0.1, 0.15) is 5.01 Å². The lowest BCUT2D eigenvalue weighted by Gasteiger charge is -2.13. The second kappa shape index (κ2) is 5.36. The quantitative estimate of drug-likeness (QED) is 0.840. The maximum Gasteiger partial charge on any atom is 0.243 e. The van der Waals surface area contributed by atoms with Crippen LogP contribution in [0.15, 0.2) is 0 Å². The monoisotopic (exact) mass is 242 g/mol. The van der Waals surface area contributed by atoms with Gasteiger partial charge in [-0.1, -0.05) is 39.0 Å². The largest absolute Gasteiger partial charge is 0.320 e. The summed E-state index contributed by atoms with van der Waals surface area (Å²) in [6, 6.07) is -0.508. The van der Waals surface area contributed by atoms with Crippen molar-refractivity contribution in [3.63, 3.8) is 0 Å². The Morgan fingerprint density at radius 2 is 1.94 bits per heavy atom. The smallest absolute Gasteiger partial charge is 0.243 e. The van der Waals surface area contributed by atoms with Gasteiger partial charge >= 0.3 is 0 Å². The molecule has 16 heavy (non-hydrogen) atoms. The zero-order chi connectivity index (χ0) is 12.3. The summed E-state index contributed by atoms with van der Waals surface area (Å²) in [5.74, 6) is 0.223. The van der Waals surface area contributed by atoms with E-state index in [1.165, 1.54) is 11.3 Å². The maximum absolute atomic E-state index is 11.6. The molecular formula is C10H18N4OS. The van der Waals surface area contributed by atoms with E-state index in [1.807, 2.05) is 27.7 Å². The zero-order valence-electron chi connectivity index (χ0n) is 10.0. The van der Waals surface area contributed by atoms with Crippen LogP contribution in [0.3, 0.4) is 0 Å². The van der Waals surface area contributed by atoms with E-state index in [2.05, 4.69) is 15.5 Å². The molecule has 1 atom stereocenters. The van der Waals surface area contributed by atoms with Crippen LogP contribution in [0.5, 0.6) is 0 Å². The number of rotatable bonds is 4. The fourth-order valence-electron chi connectivity index (χ4n) is 1.01. The Morgan fingerprint density at radius 1 is 1.31 bits per heavy atom. The molecule has 0 fully saturated rings. The number of nitrogens with zero attached hydrogens (tertiary/aromatic N) is 2. The van der Waals surface area contributed by atoms with Gasteiger partial charge in [0.15, 0.2) is 0 Å². The highest BCUT2D eigenvalue weighted by atomic mass is 32.1. The summed E-state index contributed by atoms with van der Waals surface area (Å²) >= 11 is 1.39. The van der Waals surface area contributed by atoms with E-state index in [4.69, 9.17) is 5.73 Å². The van der Waals surface area contributed by atoms with Crippen molar-refractivity contribution < 1.29 is 4.79 Å². The molecular weight excluding hydrogens is 224 g/mol. The van der Waals surface area contributed by atoms with Gasteiger partial charge in [0, 0.05) is 5.92 Å². The van der Waals surface area contributed by atoms with Crippen molar-refractivity contribution in [3.05, 3.63) is 5.01 Å². The summed E-state index contributed by atoms with van der Waals surface area (Å²) in [7, 11) is 0. The average molecular weight is 242 g/mol. The average Bonchev–Trinajstić information content (AvgIpc) is 2.64. The Morgan fingerprint density at radius 3 is 2.38 bits per heavy atom. The van der Waals surface area contributed by atoms with Crippen LogP contribution in [-0.4, -0.2) is 22.1 Å². The van der Waals surface area contributed by atoms with E-state index < -0.39 is 6.04 Å². The maximum atomic E-state index is 11.6. The summed E-state index contributed by atoms with van der Waals surface area (Å²) in [6.07, 6.45) is 0. The van der Waals surface area contributed by atoms with Crippen molar-refractivity contribution in [2.24, 2.45) is 11.7 Å². The molecule has 0 saturated carbocycles. The lowest BCUT2D eigenvalue weighted by Crippen LogP contribution is -2.39. The van der Waals surface area contributed by atoms with Gasteiger partial charge in [-0.05, 0) is 5.92 Å². The van der Waals surface area contributed by atoms with Crippen LogP contribution in [0, 0.1) is 5.92 Å². The van der Waals surface area contributed by atoms with E-state index in [9.17, 15) is 4.79 Å². The van der Waals surface area contributed by atoms with Gasteiger partial charge in [-0.15, -0.1) is 10.2 Å². The highest BCUT2D eigenvalue weighted by molar-refractivity contribution is 7.15. The number of aromatic nitrogens is 2. The SMILES string of the molecule is CC(C)c1nnc(NC(=O)[C@@H](N)C(C)C)s1. The molecule has 1 aromatic rings. The van der Waals surface area contributed by atoms with E-state index in [1.54, 1.807) is 0 Å². The molecule has 0 aliphatic heterocycles. The molecule has 0 radical (unpaired) electrons. The number of nitrogens with two attached hydrogens (primary N) is 1. The normalized spacial score (nSPS) is 13.2. The van der Waals surface area contributed by atoms with Crippen LogP contribution in [-0.2, 0) is 4.79 Å². The lowest BCUT2D eigenvalue weighted by atomic mass is 10.1. The van der Waals surface area contributed by atoms with E-state index in [-0.39, 0.29) is 11.8 Å². The van der Waals surface area contributed by atoms with Crippen molar-refractivity contribution in [3.8, 4) is 0 Å². The van der Waals surface area contributed by atoms with Crippen molar-refractivity contribution >= 4 is 22.4 Å². The molecule has 5 nitrogen and oxygen atoms in total. The molecule has 1 rings (SSSR count). The Kier molecular flexibility index (Phi) is 4.37. The Bertz CT molecular complexity index is 361. The number of carbonyl (C=O) groups excluding carboxylic acids is 1. The van der Waals surface area contributed by atoms with Gasteiger partial charge in [0.25, 0.3) is 0 Å². The molecule has 0 spiro atoms. The molecule has 1 aromatic heterocycles. The van der Waals surface area contributed by atoms with Crippen molar-refractivity contribution in [2.45, 2.75) is 39.7 Å². The van der Waals surface area contributed by atoms with Gasteiger partial charge in [0.05, 0.1) is 6.04 Å². The minimum atomic E-state index is -0.508. The summed E-state index contributed by atoms with van der Waals surface area (Å²) in [6.45, 7) is 7.88. The Hall–Kier alpha value is -1.01. The summed E-state index contributed by atoms with van der Waals surface area (Å²) in [5, 5.41) is 12.0. The Balaban J connectivity index is 2.63. The van der Waals surface area contributed by atoms with Gasteiger partial charge < -0.3 is 5.73 Å². The molecule has 1 heterocycles. The van der Waals surface area contributed by atoms with Crippen molar-refractivity contribution in [1.82, 2.24) is 10.2 Å². The lowest BCUT2D eigenvalue weighted by molar-refractivity contribution is -0.118. The summed E-state index contributed by atoms with van der Waals surface area (Å²) in [5.41, 5.74) is 5.72. The van der Waals surface area contributed by atoms with Gasteiger partial charge in [0.2, 0.25) is 11.0 Å². The first-order chi connectivity index (χ1) is 7.41. The minimum Gasteiger partial charge on any atom is -0.320 e. The fraction of sp³-hybridized carbons (Fsp3) is 0.700. The third-order valence-electron chi connectivity index (χ3n) is 2.19. The number of nitrogens with one attached hydrogen (secondary N) is 1. The number of anilines is 1. The minimum absolute atomic E-state index is 0.109. The van der Waals surface area contributed by atoms with Gasteiger partial charge in [-0.2, -0.15) is 0 Å². The predicted molar refractivity (Wildman–Crippen MR) is 65.4 cm³/mol. The molecule has 90 valence electrons. The number of hydrogen-bond donors (Lipinski definition) is 2. The number of carbonyl (C=O) groups is 1. The first-order valence-corrected chi connectivity index (χ1v) is 6.13. The molecule has 0 aliphatic carbocycles. The van der Waals surface area contributed by atoms with Crippen LogP contribution in [0.1, 0.15) is 38.6 Å². The van der Waals surface area contributed by atoms with Crippen LogP contribution < -0.4 is 11.1 Å². The first kappa shape index (κ1) is 13.1. The third-order valence-corrected chi connectivity index (χ3v) is 3.32. The molecule has 0 aliphatic rings. The van der Waals surface area contributed by atoms with Gasteiger partial charge in [-0.3, -0.25) is 10.1 Å². The predicted octanol–water partition coefficient (Wildman–Crippen LogP) is 1.58. The topological polar surface area (TPSA) is 80.9 Å². The first-order valence-electron chi connectivity index (χ1n) is 5.31. The van der Waals surface area contributed by atoms with Crippen LogP contribution in [0.2, 0.25) is 0 Å². The highest BCUT2D eigenvalue weighted by Gasteiger charge is 2.19.